The summed E-state index contributed by atoms with van der Waals surface area (Å²) < 4.78 is 38.7. The number of aliphatic hydroxyl groups excluding tert-OH is 1. The Labute approximate surface area is 352 Å². The van der Waals surface area contributed by atoms with Crippen LogP contribution in [0, 0.1) is 34.5 Å². The van der Waals surface area contributed by atoms with Gasteiger partial charge in [0.1, 0.15) is 23.9 Å². The summed E-state index contributed by atoms with van der Waals surface area (Å²) in [7, 11) is 8.76. The van der Waals surface area contributed by atoms with Gasteiger partial charge in [-0.1, -0.05) is 102 Å². The topological polar surface area (TPSA) is 133 Å². The number of fused-ring (bicyclic) bond motifs is 2. The van der Waals surface area contributed by atoms with Crippen LogP contribution in [0.4, 0.5) is 0 Å². The fourth-order valence-electron chi connectivity index (χ4n) is 14.5. The quantitative estimate of drug-likeness (QED) is 0.0718. The van der Waals surface area contributed by atoms with E-state index in [4.69, 9.17) is 28.4 Å². The van der Waals surface area contributed by atoms with Crippen LogP contribution in [0.2, 0.25) is 0 Å². The highest BCUT2D eigenvalue weighted by molar-refractivity contribution is 5.89. The molecule has 7 rings (SSSR count). The molecule has 1 unspecified atom stereocenters. The van der Waals surface area contributed by atoms with Crippen molar-refractivity contribution in [3.05, 3.63) is 48.0 Å². The zero-order chi connectivity index (χ0) is 42.0. The predicted octanol–water partition coefficient (Wildman–Crippen LogP) is 6.91. The molecule has 1 aromatic carbocycles. The van der Waals surface area contributed by atoms with E-state index in [2.05, 4.69) is 18.9 Å². The highest BCUT2D eigenvalue weighted by Gasteiger charge is 2.91. The molecule has 5 saturated carbocycles. The molecule has 14 atom stereocenters. The Hall–Kier alpha value is -2.38. The van der Waals surface area contributed by atoms with Gasteiger partial charge >= 0.3 is 11.9 Å². The maximum absolute atomic E-state index is 14.4. The number of allylic oxidation sites excluding steroid dienone is 1. The lowest BCUT2D eigenvalue weighted by Crippen LogP contribution is -2.80. The standard InChI is InChI=1S/C48H73NO10/c1-7-8-9-10-11-12-13-14-15-16-17-18-19-23-26-35(50)59-48-36-33(29-46(53,43(57-6)41(48)51)42(36)58-44(52)32-24-21-20-22-25-32)47-34(55-4)27-28-45(31-54-3)30-49(2)40(47)37(48)38(56-5)39(45)47/h20-26,33-34,36-43,51,53H,7-19,27-31H2,1-6H3/b26-23+/t33-,34+,36-,37+,38+,39-,40?,41+,42-,43+,45+,46-,47+,48-/m1/s1. The lowest BCUT2D eigenvalue weighted by atomic mass is 9.43. The number of ether oxygens (including phenoxy) is 6. The van der Waals surface area contributed by atoms with Gasteiger partial charge in [0.25, 0.3) is 0 Å². The second-order valence-electron chi connectivity index (χ2n) is 19.1. The Bertz CT molecular complexity index is 1610. The maximum Gasteiger partial charge on any atom is 0.338 e. The van der Waals surface area contributed by atoms with E-state index < -0.39 is 70.7 Å². The molecule has 1 aromatic rings. The molecule has 11 nitrogen and oxygen atoms in total. The van der Waals surface area contributed by atoms with E-state index in [0.29, 0.717) is 12.2 Å². The van der Waals surface area contributed by atoms with Gasteiger partial charge in [-0.3, -0.25) is 0 Å². The van der Waals surface area contributed by atoms with Crippen LogP contribution in [0.15, 0.2) is 42.5 Å². The van der Waals surface area contributed by atoms with Crippen LogP contribution >= 0.6 is 0 Å². The maximum atomic E-state index is 14.4. The summed E-state index contributed by atoms with van der Waals surface area (Å²) in [4.78, 5) is 30.8. The summed E-state index contributed by atoms with van der Waals surface area (Å²) in [5.41, 5.74) is -4.07. The van der Waals surface area contributed by atoms with Crippen molar-refractivity contribution in [3.8, 4) is 0 Å². The number of piperidine rings is 1. The summed E-state index contributed by atoms with van der Waals surface area (Å²) in [6.07, 6.45) is 16.4. The first-order chi connectivity index (χ1) is 28.6. The molecule has 59 heavy (non-hydrogen) atoms. The molecule has 11 heteroatoms. The van der Waals surface area contributed by atoms with Crippen molar-refractivity contribution >= 4 is 11.9 Å². The second kappa shape index (κ2) is 18.5. The molecule has 6 aliphatic rings. The van der Waals surface area contributed by atoms with E-state index in [0.717, 1.165) is 38.6 Å². The molecular weight excluding hydrogens is 751 g/mol. The summed E-state index contributed by atoms with van der Waals surface area (Å²) in [5.74, 6) is -3.08. The van der Waals surface area contributed by atoms with Crippen LogP contribution < -0.4 is 0 Å². The molecule has 6 fully saturated rings. The van der Waals surface area contributed by atoms with Gasteiger partial charge in [0.2, 0.25) is 0 Å². The molecule has 1 saturated heterocycles. The number of aliphatic hydroxyl groups is 2. The number of methoxy groups -OCH3 is 4. The summed E-state index contributed by atoms with van der Waals surface area (Å²) >= 11 is 0. The number of carbonyl (C=O) groups excluding carboxylic acids is 2. The SMILES string of the molecule is CCCCCCCCCCCCCC/C=C/C(=O)O[C@]12[C@H]3[C@@H](OC(=O)c4ccccc4)[C@](O)(C[C@H]3[C@@]34C5[C@@H]1[C@H](OC)[C@@H]3[C@@](COC)(CC[C@@H]4OC)CN5C)[C@@H](OC)[C@@H]2O. The van der Waals surface area contributed by atoms with Gasteiger partial charge in [-0.05, 0) is 57.2 Å². The van der Waals surface area contributed by atoms with Crippen molar-refractivity contribution in [1.29, 1.82) is 0 Å². The number of carbonyl (C=O) groups is 2. The zero-order valence-corrected chi connectivity index (χ0v) is 36.7. The largest absolute Gasteiger partial charge is 0.455 e. The molecule has 1 spiro atoms. The molecular formula is C48H73NO10. The van der Waals surface area contributed by atoms with Gasteiger partial charge in [-0.15, -0.1) is 0 Å². The number of likely N-dealkylation sites (tertiary alicyclic amines) is 1. The van der Waals surface area contributed by atoms with E-state index in [1.54, 1.807) is 45.6 Å². The minimum absolute atomic E-state index is 0.126. The number of benzene rings is 1. The van der Waals surface area contributed by atoms with Gasteiger partial charge in [0.05, 0.1) is 24.4 Å². The predicted molar refractivity (Wildman–Crippen MR) is 224 cm³/mol. The van der Waals surface area contributed by atoms with E-state index in [9.17, 15) is 19.8 Å². The summed E-state index contributed by atoms with van der Waals surface area (Å²) in [6, 6.07) is 8.47. The Kier molecular flexibility index (Phi) is 14.0. The van der Waals surface area contributed by atoms with E-state index in [1.165, 1.54) is 77.4 Å². The number of esters is 2. The van der Waals surface area contributed by atoms with Gasteiger partial charge in [-0.25, -0.2) is 9.59 Å². The number of rotatable bonds is 22. The van der Waals surface area contributed by atoms with Crippen LogP contribution in [0.25, 0.3) is 0 Å². The van der Waals surface area contributed by atoms with Crippen LogP contribution in [0.1, 0.15) is 120 Å². The van der Waals surface area contributed by atoms with Crippen LogP contribution in [0.3, 0.4) is 0 Å². The lowest BCUT2D eigenvalue weighted by Gasteiger charge is -2.69. The Morgan fingerprint density at radius 2 is 1.53 bits per heavy atom. The van der Waals surface area contributed by atoms with Crippen molar-refractivity contribution in [2.24, 2.45) is 34.5 Å². The first-order valence-electron chi connectivity index (χ1n) is 22.9. The third-order valence-electron chi connectivity index (χ3n) is 16.2. The average molecular weight is 824 g/mol. The van der Waals surface area contributed by atoms with Crippen molar-refractivity contribution in [1.82, 2.24) is 4.90 Å². The van der Waals surface area contributed by atoms with E-state index in [-0.39, 0.29) is 29.9 Å². The second-order valence-corrected chi connectivity index (χ2v) is 19.1. The molecule has 0 aromatic heterocycles. The normalized spacial score (nSPS) is 40.4. The molecule has 330 valence electrons. The van der Waals surface area contributed by atoms with Crippen molar-refractivity contribution < 1.29 is 48.2 Å². The smallest absolute Gasteiger partial charge is 0.338 e. The summed E-state index contributed by atoms with van der Waals surface area (Å²) in [6.45, 7) is 3.48. The van der Waals surface area contributed by atoms with E-state index in [1.807, 2.05) is 12.1 Å². The van der Waals surface area contributed by atoms with Crippen LogP contribution in [0.5, 0.6) is 0 Å². The van der Waals surface area contributed by atoms with Crippen molar-refractivity contribution in [3.63, 3.8) is 0 Å². The third kappa shape index (κ3) is 7.24. The lowest BCUT2D eigenvalue weighted by molar-refractivity contribution is -0.315. The molecule has 0 amide bonds. The first kappa shape index (κ1) is 44.7. The number of unbranched alkanes of at least 4 members (excludes halogenated alkanes) is 12. The molecule has 1 aliphatic heterocycles. The molecule has 5 aliphatic carbocycles. The monoisotopic (exact) mass is 824 g/mol. The van der Waals surface area contributed by atoms with Gasteiger partial charge in [0, 0.05) is 75.7 Å². The average Bonchev–Trinajstić information content (AvgIpc) is 3.62. The van der Waals surface area contributed by atoms with Crippen LogP contribution in [-0.2, 0) is 33.2 Å². The van der Waals surface area contributed by atoms with E-state index >= 15 is 0 Å². The Morgan fingerprint density at radius 1 is 0.864 bits per heavy atom. The highest BCUT2D eigenvalue weighted by atomic mass is 16.6. The fraction of sp³-hybridized carbons (Fsp3) is 0.792. The minimum Gasteiger partial charge on any atom is -0.455 e. The molecule has 0 radical (unpaired) electrons. The minimum atomic E-state index is -1.79. The van der Waals surface area contributed by atoms with Crippen LogP contribution in [-0.4, -0.2) is 123 Å². The van der Waals surface area contributed by atoms with Gasteiger partial charge in [-0.2, -0.15) is 0 Å². The molecule has 2 N–H and O–H groups in total. The van der Waals surface area contributed by atoms with Gasteiger partial charge < -0.3 is 43.5 Å². The zero-order valence-electron chi connectivity index (χ0n) is 36.7. The molecule has 1 heterocycles. The third-order valence-corrected chi connectivity index (χ3v) is 16.2. The number of hydrogen-bond acceptors (Lipinski definition) is 11. The summed E-state index contributed by atoms with van der Waals surface area (Å²) in [5, 5.41) is 25.9. The first-order valence-corrected chi connectivity index (χ1v) is 22.9. The highest BCUT2D eigenvalue weighted by Crippen LogP contribution is 2.80. The Balaban J connectivity index is 1.20. The van der Waals surface area contributed by atoms with Gasteiger partial charge in [0.15, 0.2) is 5.60 Å². The number of hydrogen-bond donors (Lipinski definition) is 2. The Morgan fingerprint density at radius 3 is 2.14 bits per heavy atom. The van der Waals surface area contributed by atoms with Crippen molar-refractivity contribution in [2.75, 3.05) is 48.6 Å². The fourth-order valence-corrected chi connectivity index (χ4v) is 14.5. The number of nitrogens with zero attached hydrogens (tertiary/aromatic N) is 1. The molecule has 7 bridgehead atoms. The van der Waals surface area contributed by atoms with Crippen molar-refractivity contribution in [2.45, 2.75) is 157 Å².